The van der Waals surface area contributed by atoms with Crippen LogP contribution in [-0.4, -0.2) is 38.1 Å². The van der Waals surface area contributed by atoms with Crippen molar-refractivity contribution in [2.75, 3.05) is 32.6 Å². The minimum Gasteiger partial charge on any atom is -0.492 e. The maximum Gasteiger partial charge on any atom is 0.229 e. The minimum absolute atomic E-state index is 0.109. The molecule has 2 atom stereocenters. The number of nitrogens with one attached hydrogen (secondary N) is 1. The standard InChI is InChI=1S/C20H27N3O2/c1-15(19(21)16-8-5-4-6-9-16)20(24)22-17-10-7-11-18(14-17)25-13-12-23(2)3/h4-11,14-15,19H,12-13,21H2,1-3H3,(H,22,24). The van der Waals surface area contributed by atoms with Crippen LogP contribution in [0.25, 0.3) is 0 Å². The Morgan fingerprint density at radius 3 is 2.56 bits per heavy atom. The summed E-state index contributed by atoms with van der Waals surface area (Å²) in [5.74, 6) is 0.280. The van der Waals surface area contributed by atoms with Gasteiger partial charge in [0, 0.05) is 24.3 Å². The first-order valence-corrected chi connectivity index (χ1v) is 8.46. The van der Waals surface area contributed by atoms with Gasteiger partial charge in [0.1, 0.15) is 12.4 Å². The fraction of sp³-hybridized carbons (Fsp3) is 0.350. The van der Waals surface area contributed by atoms with Crippen molar-refractivity contribution in [3.05, 3.63) is 60.2 Å². The summed E-state index contributed by atoms with van der Waals surface area (Å²) in [5, 5.41) is 2.92. The molecule has 0 aliphatic rings. The van der Waals surface area contributed by atoms with Crippen molar-refractivity contribution in [3.8, 4) is 5.75 Å². The van der Waals surface area contributed by atoms with E-state index in [2.05, 4.69) is 10.2 Å². The van der Waals surface area contributed by atoms with E-state index in [4.69, 9.17) is 10.5 Å². The number of nitrogens with zero attached hydrogens (tertiary/aromatic N) is 1. The normalized spacial score (nSPS) is 13.3. The molecule has 1 amide bonds. The Balaban J connectivity index is 1.95. The molecular formula is C20H27N3O2. The Morgan fingerprint density at radius 1 is 1.16 bits per heavy atom. The van der Waals surface area contributed by atoms with Crippen LogP contribution in [0.2, 0.25) is 0 Å². The molecule has 0 heterocycles. The van der Waals surface area contributed by atoms with E-state index in [1.807, 2.05) is 75.6 Å². The summed E-state index contributed by atoms with van der Waals surface area (Å²) in [6.07, 6.45) is 0. The van der Waals surface area contributed by atoms with Crippen LogP contribution in [0.5, 0.6) is 5.75 Å². The molecule has 5 heteroatoms. The summed E-state index contributed by atoms with van der Waals surface area (Å²) in [4.78, 5) is 14.6. The van der Waals surface area contributed by atoms with E-state index >= 15 is 0 Å². The third-order valence-corrected chi connectivity index (χ3v) is 4.05. The van der Waals surface area contributed by atoms with E-state index in [0.717, 1.165) is 17.9 Å². The summed E-state index contributed by atoms with van der Waals surface area (Å²) >= 11 is 0. The van der Waals surface area contributed by atoms with Crippen LogP contribution in [0.15, 0.2) is 54.6 Å². The largest absolute Gasteiger partial charge is 0.492 e. The molecule has 0 fully saturated rings. The number of amides is 1. The van der Waals surface area contributed by atoms with Crippen molar-refractivity contribution in [2.24, 2.45) is 11.7 Å². The average molecular weight is 341 g/mol. The highest BCUT2D eigenvalue weighted by Crippen LogP contribution is 2.22. The smallest absolute Gasteiger partial charge is 0.229 e. The topological polar surface area (TPSA) is 67.6 Å². The predicted molar refractivity (Wildman–Crippen MR) is 102 cm³/mol. The molecular weight excluding hydrogens is 314 g/mol. The van der Waals surface area contributed by atoms with Crippen LogP contribution in [0.3, 0.4) is 0 Å². The summed E-state index contributed by atoms with van der Waals surface area (Å²) in [7, 11) is 3.99. The third-order valence-electron chi connectivity index (χ3n) is 4.05. The van der Waals surface area contributed by atoms with Crippen molar-refractivity contribution < 1.29 is 9.53 Å². The van der Waals surface area contributed by atoms with E-state index in [1.165, 1.54) is 0 Å². The Kier molecular flexibility index (Phi) is 6.98. The van der Waals surface area contributed by atoms with Crippen molar-refractivity contribution >= 4 is 11.6 Å². The van der Waals surface area contributed by atoms with Crippen molar-refractivity contribution in [3.63, 3.8) is 0 Å². The number of anilines is 1. The zero-order valence-corrected chi connectivity index (χ0v) is 15.1. The van der Waals surface area contributed by atoms with Crippen LogP contribution in [-0.2, 0) is 4.79 Å². The first-order chi connectivity index (χ1) is 12.0. The molecule has 2 rings (SSSR count). The molecule has 2 aromatic carbocycles. The maximum absolute atomic E-state index is 12.5. The molecule has 2 aromatic rings. The highest BCUT2D eigenvalue weighted by Gasteiger charge is 2.22. The van der Waals surface area contributed by atoms with Crippen LogP contribution in [0.4, 0.5) is 5.69 Å². The molecule has 25 heavy (non-hydrogen) atoms. The number of nitrogens with two attached hydrogens (primary N) is 1. The van der Waals surface area contributed by atoms with Crippen molar-refractivity contribution in [1.29, 1.82) is 0 Å². The molecule has 0 radical (unpaired) electrons. The molecule has 5 nitrogen and oxygen atoms in total. The van der Waals surface area contributed by atoms with Crippen LogP contribution in [0, 0.1) is 5.92 Å². The number of ether oxygens (including phenoxy) is 1. The summed E-state index contributed by atoms with van der Waals surface area (Å²) < 4.78 is 5.70. The van der Waals surface area contributed by atoms with Crippen LogP contribution < -0.4 is 15.8 Å². The molecule has 0 bridgehead atoms. The summed E-state index contributed by atoms with van der Waals surface area (Å²) in [6, 6.07) is 16.7. The SMILES string of the molecule is CC(C(=O)Nc1cccc(OCCN(C)C)c1)C(N)c1ccccc1. The van der Waals surface area contributed by atoms with Gasteiger partial charge in [-0.25, -0.2) is 0 Å². The second-order valence-electron chi connectivity index (χ2n) is 6.39. The maximum atomic E-state index is 12.5. The third kappa shape index (κ3) is 5.89. The Morgan fingerprint density at radius 2 is 1.88 bits per heavy atom. The van der Waals surface area contributed by atoms with Gasteiger partial charge in [0.15, 0.2) is 0 Å². The van der Waals surface area contributed by atoms with Gasteiger partial charge in [-0.3, -0.25) is 4.79 Å². The highest BCUT2D eigenvalue weighted by molar-refractivity contribution is 5.93. The Bertz CT molecular complexity index is 674. The lowest BCUT2D eigenvalue weighted by molar-refractivity contribution is -0.120. The molecule has 0 aliphatic heterocycles. The lowest BCUT2D eigenvalue weighted by Gasteiger charge is -2.20. The molecule has 0 saturated carbocycles. The Labute approximate surface area is 149 Å². The number of hydrogen-bond acceptors (Lipinski definition) is 4. The van der Waals surface area contributed by atoms with E-state index in [9.17, 15) is 4.79 Å². The van der Waals surface area contributed by atoms with E-state index in [0.29, 0.717) is 12.3 Å². The van der Waals surface area contributed by atoms with E-state index in [1.54, 1.807) is 0 Å². The lowest BCUT2D eigenvalue weighted by Crippen LogP contribution is -2.30. The average Bonchev–Trinajstić information content (AvgIpc) is 2.61. The summed E-state index contributed by atoms with van der Waals surface area (Å²) in [5.41, 5.74) is 7.88. The van der Waals surface area contributed by atoms with Crippen LogP contribution in [0.1, 0.15) is 18.5 Å². The van der Waals surface area contributed by atoms with Gasteiger partial charge in [-0.2, -0.15) is 0 Å². The second kappa shape index (κ2) is 9.20. The first kappa shape index (κ1) is 19.0. The monoisotopic (exact) mass is 341 g/mol. The number of rotatable bonds is 8. The molecule has 2 unspecified atom stereocenters. The fourth-order valence-electron chi connectivity index (χ4n) is 2.39. The molecule has 0 saturated heterocycles. The first-order valence-electron chi connectivity index (χ1n) is 8.46. The molecule has 0 aliphatic carbocycles. The Hall–Kier alpha value is -2.37. The van der Waals surface area contributed by atoms with Gasteiger partial charge in [-0.1, -0.05) is 43.3 Å². The van der Waals surface area contributed by atoms with Gasteiger partial charge in [0.2, 0.25) is 5.91 Å². The zero-order chi connectivity index (χ0) is 18.2. The quantitative estimate of drug-likeness (QED) is 0.775. The van der Waals surface area contributed by atoms with Crippen LogP contribution >= 0.6 is 0 Å². The predicted octanol–water partition coefficient (Wildman–Crippen LogP) is 2.90. The zero-order valence-electron chi connectivity index (χ0n) is 15.1. The van der Waals surface area contributed by atoms with Gasteiger partial charge in [-0.15, -0.1) is 0 Å². The fourth-order valence-corrected chi connectivity index (χ4v) is 2.39. The van der Waals surface area contributed by atoms with E-state index < -0.39 is 0 Å². The molecule has 0 aromatic heterocycles. The van der Waals surface area contributed by atoms with Crippen molar-refractivity contribution in [1.82, 2.24) is 4.90 Å². The van der Waals surface area contributed by atoms with Gasteiger partial charge in [-0.05, 0) is 31.8 Å². The molecule has 0 spiro atoms. The second-order valence-corrected chi connectivity index (χ2v) is 6.39. The van der Waals surface area contributed by atoms with Gasteiger partial charge < -0.3 is 20.7 Å². The van der Waals surface area contributed by atoms with E-state index in [-0.39, 0.29) is 17.9 Å². The van der Waals surface area contributed by atoms with Crippen molar-refractivity contribution in [2.45, 2.75) is 13.0 Å². The summed E-state index contributed by atoms with van der Waals surface area (Å²) in [6.45, 7) is 3.27. The highest BCUT2D eigenvalue weighted by atomic mass is 16.5. The number of likely N-dealkylation sites (N-methyl/N-ethyl adjacent to an activating group) is 1. The minimum atomic E-state index is -0.347. The number of carbonyl (C=O) groups is 1. The lowest BCUT2D eigenvalue weighted by atomic mass is 9.94. The van der Waals surface area contributed by atoms with Gasteiger partial charge in [0.25, 0.3) is 0 Å². The number of benzene rings is 2. The number of hydrogen-bond donors (Lipinski definition) is 2. The number of carbonyl (C=O) groups excluding carboxylic acids is 1. The molecule has 3 N–H and O–H groups in total. The van der Waals surface area contributed by atoms with Gasteiger partial charge >= 0.3 is 0 Å². The van der Waals surface area contributed by atoms with Gasteiger partial charge in [0.05, 0.1) is 5.92 Å². The molecule has 134 valence electrons.